The van der Waals surface area contributed by atoms with Crippen LogP contribution in [0, 0.1) is 0 Å². The molecule has 0 unspecified atom stereocenters. The van der Waals surface area contributed by atoms with Gasteiger partial charge in [-0.25, -0.2) is 0 Å². The van der Waals surface area contributed by atoms with Crippen LogP contribution in [0.2, 0.25) is 0 Å². The fourth-order valence-corrected chi connectivity index (χ4v) is 3.46. The van der Waals surface area contributed by atoms with E-state index in [1.165, 1.54) is 0 Å². The minimum Gasteiger partial charge on any atom is -0.492 e. The molecule has 2 aromatic rings. The molecule has 1 aromatic heterocycles. The van der Waals surface area contributed by atoms with Crippen molar-refractivity contribution in [2.45, 2.75) is 12.8 Å². The number of hydrogen-bond acceptors (Lipinski definition) is 5. The van der Waals surface area contributed by atoms with Crippen molar-refractivity contribution in [2.24, 2.45) is 0 Å². The summed E-state index contributed by atoms with van der Waals surface area (Å²) in [5.74, 6) is 2.09. The summed E-state index contributed by atoms with van der Waals surface area (Å²) in [5, 5.41) is 4.02. The zero-order chi connectivity index (χ0) is 13.0. The highest BCUT2D eigenvalue weighted by molar-refractivity contribution is 9.10. The van der Waals surface area contributed by atoms with Gasteiger partial charge in [-0.2, -0.15) is 0 Å². The van der Waals surface area contributed by atoms with E-state index >= 15 is 0 Å². The molecule has 2 N–H and O–H groups in total. The molecule has 0 saturated heterocycles. The number of nitrogens with zero attached hydrogens (tertiary/aromatic N) is 1. The Bertz CT molecular complexity index is 646. The average molecular weight is 323 g/mol. The van der Waals surface area contributed by atoms with Crippen LogP contribution in [-0.4, -0.2) is 18.4 Å². The van der Waals surface area contributed by atoms with E-state index < -0.39 is 0 Å². The van der Waals surface area contributed by atoms with Crippen LogP contribution in [0.5, 0.6) is 11.5 Å². The second kappa shape index (κ2) is 3.90. The molecule has 2 aliphatic heterocycles. The molecule has 1 aromatic carbocycles. The van der Waals surface area contributed by atoms with Gasteiger partial charge in [0.05, 0.1) is 23.2 Å². The number of benzene rings is 1. The number of anilines is 1. The zero-order valence-corrected chi connectivity index (χ0v) is 11.6. The molecule has 4 rings (SSSR count). The van der Waals surface area contributed by atoms with Crippen LogP contribution in [0.25, 0.3) is 11.3 Å². The normalized spacial score (nSPS) is 15.8. The predicted octanol–water partition coefficient (Wildman–Crippen LogP) is 2.56. The van der Waals surface area contributed by atoms with Crippen LogP contribution >= 0.6 is 15.9 Å². The Morgan fingerprint density at radius 1 is 1.11 bits per heavy atom. The van der Waals surface area contributed by atoms with Gasteiger partial charge in [-0.15, -0.1) is 0 Å². The second-order valence-electron chi connectivity index (χ2n) is 4.62. The first-order valence-electron chi connectivity index (χ1n) is 6.11. The van der Waals surface area contributed by atoms with Gasteiger partial charge in [0.25, 0.3) is 0 Å². The molecule has 98 valence electrons. The summed E-state index contributed by atoms with van der Waals surface area (Å²) in [6.07, 6.45) is 1.71. The lowest BCUT2D eigenvalue weighted by Gasteiger charge is -2.12. The fourth-order valence-electron chi connectivity index (χ4n) is 2.73. The average Bonchev–Trinajstić information content (AvgIpc) is 3.09. The molecule has 0 spiro atoms. The molecule has 6 heteroatoms. The lowest BCUT2D eigenvalue weighted by Crippen LogP contribution is -1.93. The molecule has 0 aliphatic carbocycles. The van der Waals surface area contributed by atoms with E-state index in [0.29, 0.717) is 24.8 Å². The highest BCUT2D eigenvalue weighted by Crippen LogP contribution is 2.50. The number of aromatic nitrogens is 1. The number of nitrogen functional groups attached to an aromatic ring is 1. The minimum atomic E-state index is 0.303. The summed E-state index contributed by atoms with van der Waals surface area (Å²) in [6, 6.07) is 1.73. The number of nitrogens with two attached hydrogens (primary N) is 1. The number of fused-ring (bicyclic) bond motifs is 2. The van der Waals surface area contributed by atoms with Gasteiger partial charge in [0, 0.05) is 30.0 Å². The van der Waals surface area contributed by atoms with Crippen molar-refractivity contribution in [2.75, 3.05) is 18.9 Å². The Balaban J connectivity index is 2.05. The van der Waals surface area contributed by atoms with Crippen molar-refractivity contribution in [1.82, 2.24) is 5.16 Å². The third-order valence-electron chi connectivity index (χ3n) is 3.52. The van der Waals surface area contributed by atoms with Crippen molar-refractivity contribution in [3.8, 4) is 22.8 Å². The van der Waals surface area contributed by atoms with Crippen LogP contribution in [0.4, 0.5) is 5.88 Å². The Morgan fingerprint density at radius 2 is 1.84 bits per heavy atom. The number of halogens is 1. The van der Waals surface area contributed by atoms with E-state index in [2.05, 4.69) is 21.1 Å². The fraction of sp³-hybridized carbons (Fsp3) is 0.308. The summed E-state index contributed by atoms with van der Waals surface area (Å²) in [5.41, 5.74) is 9.55. The lowest BCUT2D eigenvalue weighted by molar-refractivity contribution is 0.354. The lowest BCUT2D eigenvalue weighted by atomic mass is 9.97. The van der Waals surface area contributed by atoms with Crippen molar-refractivity contribution in [1.29, 1.82) is 0 Å². The van der Waals surface area contributed by atoms with E-state index in [9.17, 15) is 0 Å². The van der Waals surface area contributed by atoms with Crippen molar-refractivity contribution < 1.29 is 14.0 Å². The molecule has 0 saturated carbocycles. The van der Waals surface area contributed by atoms with Crippen LogP contribution in [0.1, 0.15) is 11.1 Å². The molecular weight excluding hydrogens is 312 g/mol. The first-order chi connectivity index (χ1) is 9.25. The monoisotopic (exact) mass is 322 g/mol. The van der Waals surface area contributed by atoms with E-state index in [1.807, 2.05) is 0 Å². The minimum absolute atomic E-state index is 0.303. The standard InChI is InChI=1S/C13H11BrN2O3/c14-11-7-2-4-17-12(7)10(6-1-3-18-13(6)11)8-5-9(15)19-16-8/h5H,1-4,15H2. The topological polar surface area (TPSA) is 70.5 Å². The largest absolute Gasteiger partial charge is 0.492 e. The summed E-state index contributed by atoms with van der Waals surface area (Å²) in [4.78, 5) is 0. The van der Waals surface area contributed by atoms with Gasteiger partial charge in [0.15, 0.2) is 0 Å². The summed E-state index contributed by atoms with van der Waals surface area (Å²) < 4.78 is 17.5. The van der Waals surface area contributed by atoms with Crippen LogP contribution in [0.15, 0.2) is 15.1 Å². The number of rotatable bonds is 1. The van der Waals surface area contributed by atoms with Crippen LogP contribution in [-0.2, 0) is 12.8 Å². The maximum Gasteiger partial charge on any atom is 0.222 e. The molecule has 19 heavy (non-hydrogen) atoms. The Morgan fingerprint density at radius 3 is 2.58 bits per heavy atom. The van der Waals surface area contributed by atoms with Gasteiger partial charge in [-0.05, 0) is 15.9 Å². The quantitative estimate of drug-likeness (QED) is 0.873. The van der Waals surface area contributed by atoms with Gasteiger partial charge >= 0.3 is 0 Å². The van der Waals surface area contributed by atoms with Gasteiger partial charge in [-0.3, -0.25) is 0 Å². The van der Waals surface area contributed by atoms with Crippen molar-refractivity contribution >= 4 is 21.8 Å². The molecule has 0 fully saturated rings. The van der Waals surface area contributed by atoms with E-state index in [4.69, 9.17) is 19.7 Å². The number of hydrogen-bond donors (Lipinski definition) is 1. The van der Waals surface area contributed by atoms with Crippen molar-refractivity contribution in [3.05, 3.63) is 21.7 Å². The molecule has 0 atom stereocenters. The maximum absolute atomic E-state index is 5.79. The summed E-state index contributed by atoms with van der Waals surface area (Å²) in [7, 11) is 0. The Labute approximate surface area is 117 Å². The zero-order valence-electron chi connectivity index (χ0n) is 10.0. The summed E-state index contributed by atoms with van der Waals surface area (Å²) >= 11 is 3.62. The van der Waals surface area contributed by atoms with E-state index in [1.54, 1.807) is 6.07 Å². The van der Waals surface area contributed by atoms with Crippen LogP contribution < -0.4 is 15.2 Å². The third kappa shape index (κ3) is 1.49. The van der Waals surface area contributed by atoms with Crippen LogP contribution in [0.3, 0.4) is 0 Å². The smallest absolute Gasteiger partial charge is 0.222 e. The summed E-state index contributed by atoms with van der Waals surface area (Å²) in [6.45, 7) is 1.36. The third-order valence-corrected chi connectivity index (χ3v) is 4.36. The SMILES string of the molecule is Nc1cc(-c2c3c(c(Br)c4c2OCC4)OCC3)no1. The highest BCUT2D eigenvalue weighted by atomic mass is 79.9. The van der Waals surface area contributed by atoms with Crippen molar-refractivity contribution in [3.63, 3.8) is 0 Å². The first-order valence-corrected chi connectivity index (χ1v) is 6.90. The Kier molecular flexibility index (Phi) is 2.29. The van der Waals surface area contributed by atoms with Gasteiger partial charge < -0.3 is 19.7 Å². The van der Waals surface area contributed by atoms with E-state index in [-0.39, 0.29) is 0 Å². The first kappa shape index (κ1) is 11.2. The molecule has 5 nitrogen and oxygen atoms in total. The predicted molar refractivity (Wildman–Crippen MR) is 72.4 cm³/mol. The molecule has 0 radical (unpaired) electrons. The highest BCUT2D eigenvalue weighted by Gasteiger charge is 2.32. The molecule has 3 heterocycles. The molecule has 0 bridgehead atoms. The molecule has 2 aliphatic rings. The van der Waals surface area contributed by atoms with E-state index in [0.717, 1.165) is 45.5 Å². The molecule has 0 amide bonds. The van der Waals surface area contributed by atoms with Gasteiger partial charge in [0.2, 0.25) is 5.88 Å². The van der Waals surface area contributed by atoms with Gasteiger partial charge in [-0.1, -0.05) is 5.16 Å². The Hall–Kier alpha value is -1.69. The second-order valence-corrected chi connectivity index (χ2v) is 5.41. The van der Waals surface area contributed by atoms with Gasteiger partial charge in [0.1, 0.15) is 17.2 Å². The maximum atomic E-state index is 5.79. The number of ether oxygens (including phenoxy) is 2. The molecular formula is C13H11BrN2O3.